The lowest BCUT2D eigenvalue weighted by Crippen LogP contribution is -1.98. The Morgan fingerprint density at radius 2 is 1.04 bits per heavy atom. The first-order chi connectivity index (χ1) is 13.9. The second-order valence-corrected chi connectivity index (χ2v) is 7.57. The summed E-state index contributed by atoms with van der Waals surface area (Å²) in [7, 11) is 0. The van der Waals surface area contributed by atoms with Crippen LogP contribution in [0.1, 0.15) is 5.56 Å². The fraction of sp³-hybridized carbons (Fsp3) is 0. The highest BCUT2D eigenvalue weighted by atomic mass is 14.8. The molecule has 0 saturated heterocycles. The summed E-state index contributed by atoms with van der Waals surface area (Å²) >= 11 is 0. The maximum absolute atomic E-state index is 4.75. The van der Waals surface area contributed by atoms with Gasteiger partial charge in [-0.2, -0.15) is 0 Å². The molecular formula is C27H15N. The van der Waals surface area contributed by atoms with Crippen LogP contribution in [0.5, 0.6) is 0 Å². The van der Waals surface area contributed by atoms with E-state index in [1.165, 1.54) is 59.4 Å². The van der Waals surface area contributed by atoms with E-state index in [2.05, 4.69) is 84.9 Å². The first-order valence-corrected chi connectivity index (χ1v) is 9.66. The molecule has 7 rings (SSSR count). The molecule has 1 nitrogen and oxygen atoms in total. The number of aliphatic imine (C=N–C) groups is 1. The topological polar surface area (TPSA) is 12.4 Å². The molecule has 0 fully saturated rings. The van der Waals surface area contributed by atoms with Gasteiger partial charge in [-0.05, 0) is 37.7 Å². The molecule has 0 amide bonds. The fourth-order valence-corrected chi connectivity index (χ4v) is 5.01. The minimum Gasteiger partial charge on any atom is -0.255 e. The molecule has 0 aliphatic carbocycles. The molecule has 0 atom stereocenters. The van der Waals surface area contributed by atoms with Crippen LogP contribution in [0.15, 0.2) is 89.9 Å². The molecule has 1 heteroatoms. The quantitative estimate of drug-likeness (QED) is 0.250. The molecule has 0 aromatic heterocycles. The summed E-state index contributed by atoms with van der Waals surface area (Å²) in [5.74, 6) is 0. The minimum atomic E-state index is 1.14. The van der Waals surface area contributed by atoms with Crippen molar-refractivity contribution in [3.63, 3.8) is 0 Å². The largest absolute Gasteiger partial charge is 0.255 e. The predicted octanol–water partition coefficient (Wildman–Crippen LogP) is 7.52. The number of hydrogen-bond donors (Lipinski definition) is 0. The van der Waals surface area contributed by atoms with E-state index in [9.17, 15) is 0 Å². The molecule has 0 saturated carbocycles. The van der Waals surface area contributed by atoms with E-state index < -0.39 is 0 Å². The summed E-state index contributed by atoms with van der Waals surface area (Å²) in [5, 5.41) is 13.1. The van der Waals surface area contributed by atoms with Crippen molar-refractivity contribution >= 4 is 65.8 Å². The van der Waals surface area contributed by atoms with Crippen molar-refractivity contribution in [2.75, 3.05) is 0 Å². The molecule has 28 heavy (non-hydrogen) atoms. The lowest BCUT2D eigenvalue weighted by Gasteiger charge is -2.21. The third-order valence-electron chi connectivity index (χ3n) is 6.22. The van der Waals surface area contributed by atoms with Gasteiger partial charge in [0.1, 0.15) is 0 Å². The second kappa shape index (κ2) is 4.96. The zero-order valence-corrected chi connectivity index (χ0v) is 15.1. The third-order valence-corrected chi connectivity index (χ3v) is 6.22. The van der Waals surface area contributed by atoms with E-state index in [1.54, 1.807) is 0 Å². The van der Waals surface area contributed by atoms with Crippen LogP contribution >= 0.6 is 0 Å². The summed E-state index contributed by atoms with van der Waals surface area (Å²) in [6, 6.07) is 30.7. The van der Waals surface area contributed by atoms with Gasteiger partial charge in [-0.15, -0.1) is 0 Å². The van der Waals surface area contributed by atoms with Crippen LogP contribution in [0.2, 0.25) is 0 Å². The molecular weight excluding hydrogens is 338 g/mol. The summed E-state index contributed by atoms with van der Waals surface area (Å²) in [5.41, 5.74) is 2.42. The van der Waals surface area contributed by atoms with Gasteiger partial charge in [-0.25, -0.2) is 0 Å². The van der Waals surface area contributed by atoms with Crippen molar-refractivity contribution in [1.82, 2.24) is 0 Å². The fourth-order valence-electron chi connectivity index (χ4n) is 5.01. The molecule has 0 spiro atoms. The van der Waals surface area contributed by atoms with Crippen molar-refractivity contribution in [2.24, 2.45) is 4.99 Å². The van der Waals surface area contributed by atoms with E-state index in [-0.39, 0.29) is 0 Å². The van der Waals surface area contributed by atoms with Gasteiger partial charge in [0.15, 0.2) is 0 Å². The number of benzene rings is 6. The Balaban J connectivity index is 1.91. The molecule has 0 N–H and O–H groups in total. The van der Waals surface area contributed by atoms with Crippen molar-refractivity contribution in [3.8, 4) is 0 Å². The Hall–Kier alpha value is -3.71. The van der Waals surface area contributed by atoms with Crippen LogP contribution in [0.3, 0.4) is 0 Å². The zero-order chi connectivity index (χ0) is 18.2. The van der Waals surface area contributed by atoms with E-state index in [4.69, 9.17) is 4.99 Å². The van der Waals surface area contributed by atoms with E-state index in [1.807, 2.05) is 6.21 Å². The Bertz CT molecular complexity index is 1650. The van der Waals surface area contributed by atoms with Crippen molar-refractivity contribution in [1.29, 1.82) is 0 Å². The Morgan fingerprint density at radius 1 is 0.429 bits per heavy atom. The zero-order valence-electron chi connectivity index (χ0n) is 15.1. The van der Waals surface area contributed by atoms with Gasteiger partial charge in [-0.1, -0.05) is 84.9 Å². The molecule has 6 aromatic rings. The standard InChI is InChI=1S/C27H15N/c1-2-8-17-16(7-1)13-14-22-24(17)23-15-28-27(23)26-21-12-6-4-10-19(21)18-9-3-5-11-20(18)25(22)26/h1-15H. The monoisotopic (exact) mass is 353 g/mol. The van der Waals surface area contributed by atoms with Crippen LogP contribution in [-0.4, -0.2) is 6.21 Å². The van der Waals surface area contributed by atoms with Gasteiger partial charge in [0.05, 0.1) is 5.69 Å². The van der Waals surface area contributed by atoms with Gasteiger partial charge in [0, 0.05) is 27.9 Å². The highest BCUT2D eigenvalue weighted by Gasteiger charge is 2.22. The van der Waals surface area contributed by atoms with Crippen LogP contribution in [0.25, 0.3) is 53.9 Å². The third kappa shape index (κ3) is 1.61. The maximum atomic E-state index is 4.75. The number of rotatable bonds is 0. The molecule has 1 aliphatic heterocycles. The smallest absolute Gasteiger partial charge is 0.0809 e. The minimum absolute atomic E-state index is 1.14. The van der Waals surface area contributed by atoms with E-state index >= 15 is 0 Å². The maximum Gasteiger partial charge on any atom is 0.0809 e. The Morgan fingerprint density at radius 3 is 1.71 bits per heavy atom. The number of nitrogens with zero attached hydrogens (tertiary/aromatic N) is 1. The van der Waals surface area contributed by atoms with Crippen molar-refractivity contribution in [2.45, 2.75) is 0 Å². The van der Waals surface area contributed by atoms with Gasteiger partial charge < -0.3 is 0 Å². The highest BCUT2D eigenvalue weighted by Crippen LogP contribution is 2.49. The number of hydrogen-bond acceptors (Lipinski definition) is 1. The van der Waals surface area contributed by atoms with Crippen molar-refractivity contribution in [3.05, 3.63) is 90.5 Å². The highest BCUT2D eigenvalue weighted by molar-refractivity contribution is 6.40. The normalized spacial score (nSPS) is 12.9. The molecule has 1 aliphatic rings. The lowest BCUT2D eigenvalue weighted by atomic mass is 9.85. The van der Waals surface area contributed by atoms with Crippen LogP contribution in [0, 0.1) is 0 Å². The van der Waals surface area contributed by atoms with Crippen LogP contribution < -0.4 is 0 Å². The van der Waals surface area contributed by atoms with Crippen LogP contribution in [-0.2, 0) is 0 Å². The summed E-state index contributed by atoms with van der Waals surface area (Å²) < 4.78 is 0. The van der Waals surface area contributed by atoms with E-state index in [0.717, 1.165) is 5.69 Å². The second-order valence-electron chi connectivity index (χ2n) is 7.57. The molecule has 1 heterocycles. The molecule has 0 radical (unpaired) electrons. The van der Waals surface area contributed by atoms with Gasteiger partial charge in [-0.3, -0.25) is 4.99 Å². The summed E-state index contributed by atoms with van der Waals surface area (Å²) in [6.45, 7) is 0. The van der Waals surface area contributed by atoms with Gasteiger partial charge >= 0.3 is 0 Å². The SMILES string of the molecule is C1=Nc2c1c1c3ccccc3ccc1c1c3ccccc3c3ccccc3c21. The first-order valence-electron chi connectivity index (χ1n) is 9.66. The number of fused-ring (bicyclic) bond motifs is 13. The molecule has 6 aromatic carbocycles. The lowest BCUT2D eigenvalue weighted by molar-refractivity contribution is 1.53. The van der Waals surface area contributed by atoms with E-state index in [0.29, 0.717) is 0 Å². The molecule has 128 valence electrons. The summed E-state index contributed by atoms with van der Waals surface area (Å²) in [6.07, 6.45) is 2.04. The average Bonchev–Trinajstić information content (AvgIpc) is 2.73. The predicted molar refractivity (Wildman–Crippen MR) is 121 cm³/mol. The van der Waals surface area contributed by atoms with Gasteiger partial charge in [0.2, 0.25) is 0 Å². The average molecular weight is 353 g/mol. The van der Waals surface area contributed by atoms with Gasteiger partial charge in [0.25, 0.3) is 0 Å². The molecule has 0 unspecified atom stereocenters. The Labute approximate surface area is 161 Å². The van der Waals surface area contributed by atoms with Crippen molar-refractivity contribution < 1.29 is 0 Å². The first kappa shape index (κ1) is 14.4. The van der Waals surface area contributed by atoms with Crippen LogP contribution in [0.4, 0.5) is 5.69 Å². The Kier molecular flexibility index (Phi) is 2.54. The summed E-state index contributed by atoms with van der Waals surface area (Å²) in [4.78, 5) is 4.75. The molecule has 0 bridgehead atoms.